The number of anilines is 1. The molecule has 124 valence electrons. The largest absolute Gasteiger partial charge is 0.508 e. The van der Waals surface area contributed by atoms with Crippen molar-refractivity contribution in [1.82, 2.24) is 9.78 Å². The van der Waals surface area contributed by atoms with Gasteiger partial charge in [-0.25, -0.2) is 0 Å². The number of rotatable bonds is 5. The van der Waals surface area contributed by atoms with Gasteiger partial charge in [0.1, 0.15) is 11.8 Å². The minimum atomic E-state index is -0.432. The first-order valence-electron chi connectivity index (χ1n) is 7.67. The maximum Gasteiger partial charge on any atom is 0.249 e. The summed E-state index contributed by atoms with van der Waals surface area (Å²) in [5.41, 5.74) is 2.32. The monoisotopic (exact) mass is 335 g/mol. The molecular weight excluding hydrogens is 314 g/mol. The van der Waals surface area contributed by atoms with E-state index in [2.05, 4.69) is 10.4 Å². The minimum Gasteiger partial charge on any atom is -0.508 e. The van der Waals surface area contributed by atoms with Crippen LogP contribution in [0.2, 0.25) is 5.02 Å². The van der Waals surface area contributed by atoms with Gasteiger partial charge in [-0.3, -0.25) is 9.48 Å². The Hall–Kier alpha value is -2.01. The summed E-state index contributed by atoms with van der Waals surface area (Å²) >= 11 is 5.88. The lowest BCUT2D eigenvalue weighted by Gasteiger charge is -2.18. The van der Waals surface area contributed by atoms with Crippen LogP contribution < -0.4 is 5.32 Å². The predicted molar refractivity (Wildman–Crippen MR) is 92.1 cm³/mol. The molecule has 0 fully saturated rings. The van der Waals surface area contributed by atoms with Crippen molar-refractivity contribution in [3.05, 3.63) is 40.7 Å². The Kier molecular flexibility index (Phi) is 5.31. The SMILES string of the molecule is CCC(C(=O)Nc1cc(C(C)C)c(O)cc1C)n1cc(Cl)cn1. The Morgan fingerprint density at radius 2 is 2.13 bits per heavy atom. The van der Waals surface area contributed by atoms with Gasteiger partial charge in [0.25, 0.3) is 0 Å². The second kappa shape index (κ2) is 7.04. The lowest BCUT2D eigenvalue weighted by Crippen LogP contribution is -2.26. The fourth-order valence-corrected chi connectivity index (χ4v) is 2.64. The van der Waals surface area contributed by atoms with Crippen molar-refractivity contribution in [2.75, 3.05) is 5.32 Å². The van der Waals surface area contributed by atoms with Gasteiger partial charge in [-0.05, 0) is 42.5 Å². The summed E-state index contributed by atoms with van der Waals surface area (Å²) in [6, 6.07) is 3.07. The Morgan fingerprint density at radius 3 is 2.65 bits per heavy atom. The fraction of sp³-hybridized carbons (Fsp3) is 0.412. The van der Waals surface area contributed by atoms with E-state index in [1.807, 2.05) is 33.8 Å². The Labute approximate surface area is 141 Å². The first-order valence-corrected chi connectivity index (χ1v) is 8.05. The normalized spacial score (nSPS) is 12.4. The van der Waals surface area contributed by atoms with Gasteiger partial charge in [0.05, 0.1) is 11.2 Å². The van der Waals surface area contributed by atoms with Gasteiger partial charge in [0.15, 0.2) is 0 Å². The molecule has 2 aromatic rings. The summed E-state index contributed by atoms with van der Waals surface area (Å²) in [6.07, 6.45) is 3.75. The van der Waals surface area contributed by atoms with Crippen molar-refractivity contribution in [3.8, 4) is 5.75 Å². The molecule has 0 aliphatic rings. The molecule has 0 aliphatic carbocycles. The predicted octanol–water partition coefficient (Wildman–Crippen LogP) is 4.26. The molecule has 1 aromatic carbocycles. The first-order chi connectivity index (χ1) is 10.8. The molecule has 0 radical (unpaired) electrons. The van der Waals surface area contributed by atoms with E-state index in [0.29, 0.717) is 17.1 Å². The van der Waals surface area contributed by atoms with E-state index in [1.165, 1.54) is 6.20 Å². The topological polar surface area (TPSA) is 67.2 Å². The molecule has 0 aliphatic heterocycles. The van der Waals surface area contributed by atoms with Crippen molar-refractivity contribution in [2.24, 2.45) is 0 Å². The Bertz CT molecular complexity index is 710. The zero-order chi connectivity index (χ0) is 17.1. The molecule has 1 aromatic heterocycles. The minimum absolute atomic E-state index is 0.157. The standard InChI is InChI=1S/C17H22ClN3O2/c1-5-15(21-9-12(18)8-19-21)17(23)20-14-7-13(10(2)3)16(22)6-11(14)4/h6-10,15,22H,5H2,1-4H3,(H,20,23). The molecular formula is C17H22ClN3O2. The molecule has 23 heavy (non-hydrogen) atoms. The summed E-state index contributed by atoms with van der Waals surface area (Å²) in [5.74, 6) is 0.260. The number of nitrogens with one attached hydrogen (secondary N) is 1. The van der Waals surface area contributed by atoms with Gasteiger partial charge in [0, 0.05) is 11.9 Å². The summed E-state index contributed by atoms with van der Waals surface area (Å²) in [7, 11) is 0. The quantitative estimate of drug-likeness (QED) is 0.802. The average Bonchev–Trinajstić information content (AvgIpc) is 2.88. The van der Waals surface area contributed by atoms with E-state index in [4.69, 9.17) is 11.6 Å². The van der Waals surface area contributed by atoms with Crippen molar-refractivity contribution in [1.29, 1.82) is 0 Å². The van der Waals surface area contributed by atoms with Crippen molar-refractivity contribution in [2.45, 2.75) is 46.1 Å². The smallest absolute Gasteiger partial charge is 0.249 e. The van der Waals surface area contributed by atoms with E-state index in [-0.39, 0.29) is 17.6 Å². The summed E-state index contributed by atoms with van der Waals surface area (Å²) in [5, 5.41) is 17.6. The number of halogens is 1. The van der Waals surface area contributed by atoms with Crippen molar-refractivity contribution < 1.29 is 9.90 Å². The molecule has 1 heterocycles. The van der Waals surface area contributed by atoms with Gasteiger partial charge in [-0.15, -0.1) is 0 Å². The van der Waals surface area contributed by atoms with Gasteiger partial charge in [-0.1, -0.05) is 32.4 Å². The van der Waals surface area contributed by atoms with Gasteiger partial charge in [-0.2, -0.15) is 5.10 Å². The highest BCUT2D eigenvalue weighted by atomic mass is 35.5. The van der Waals surface area contributed by atoms with Crippen molar-refractivity contribution in [3.63, 3.8) is 0 Å². The number of phenols is 1. The molecule has 5 nitrogen and oxygen atoms in total. The molecule has 2 N–H and O–H groups in total. The lowest BCUT2D eigenvalue weighted by atomic mass is 9.99. The third-order valence-electron chi connectivity index (χ3n) is 3.83. The molecule has 0 spiro atoms. The number of aromatic hydroxyl groups is 1. The summed E-state index contributed by atoms with van der Waals surface area (Å²) < 4.78 is 1.57. The third-order valence-corrected chi connectivity index (χ3v) is 4.03. The van der Waals surface area contributed by atoms with Crippen molar-refractivity contribution >= 4 is 23.2 Å². The number of amides is 1. The van der Waals surface area contributed by atoms with Crippen LogP contribution in [0, 0.1) is 6.92 Å². The summed E-state index contributed by atoms with van der Waals surface area (Å²) in [4.78, 5) is 12.6. The number of hydrogen-bond donors (Lipinski definition) is 2. The molecule has 1 unspecified atom stereocenters. The number of aryl methyl sites for hydroxylation is 1. The Balaban J connectivity index is 2.27. The Morgan fingerprint density at radius 1 is 1.43 bits per heavy atom. The van der Waals surface area contributed by atoms with Crippen LogP contribution in [0.15, 0.2) is 24.5 Å². The van der Waals surface area contributed by atoms with Crippen LogP contribution in [0.3, 0.4) is 0 Å². The van der Waals surface area contributed by atoms with Crippen LogP contribution in [-0.2, 0) is 4.79 Å². The average molecular weight is 336 g/mol. The number of aromatic nitrogens is 2. The lowest BCUT2D eigenvalue weighted by molar-refractivity contribution is -0.119. The fourth-order valence-electron chi connectivity index (χ4n) is 2.50. The first kappa shape index (κ1) is 17.3. The number of carbonyl (C=O) groups excluding carboxylic acids is 1. The van der Waals surface area contributed by atoms with Gasteiger partial charge >= 0.3 is 0 Å². The maximum absolute atomic E-state index is 12.6. The molecule has 2 rings (SSSR count). The number of phenolic OH excluding ortho intramolecular Hbond substituents is 1. The van der Waals surface area contributed by atoms with Crippen LogP contribution in [0.25, 0.3) is 0 Å². The van der Waals surface area contributed by atoms with Gasteiger partial charge in [0.2, 0.25) is 5.91 Å². The second-order valence-electron chi connectivity index (χ2n) is 5.93. The van der Waals surface area contributed by atoms with E-state index in [0.717, 1.165) is 11.1 Å². The van der Waals surface area contributed by atoms with Crippen LogP contribution in [0.1, 0.15) is 50.3 Å². The van der Waals surface area contributed by atoms with Gasteiger partial charge < -0.3 is 10.4 Å². The number of nitrogens with zero attached hydrogens (tertiary/aromatic N) is 2. The number of carbonyl (C=O) groups is 1. The molecule has 0 saturated carbocycles. The molecule has 0 bridgehead atoms. The van der Waals surface area contributed by atoms with E-state index in [1.54, 1.807) is 16.9 Å². The van der Waals surface area contributed by atoms with Crippen LogP contribution in [-0.4, -0.2) is 20.8 Å². The molecule has 0 saturated heterocycles. The number of hydrogen-bond acceptors (Lipinski definition) is 3. The number of benzene rings is 1. The zero-order valence-corrected chi connectivity index (χ0v) is 14.6. The highest BCUT2D eigenvalue weighted by Gasteiger charge is 2.21. The summed E-state index contributed by atoms with van der Waals surface area (Å²) in [6.45, 7) is 7.77. The highest BCUT2D eigenvalue weighted by Crippen LogP contribution is 2.31. The molecule has 1 atom stereocenters. The van der Waals surface area contributed by atoms with Crippen LogP contribution >= 0.6 is 11.6 Å². The van der Waals surface area contributed by atoms with E-state index in [9.17, 15) is 9.90 Å². The third kappa shape index (κ3) is 3.85. The highest BCUT2D eigenvalue weighted by molar-refractivity contribution is 6.30. The van der Waals surface area contributed by atoms with Crippen LogP contribution in [0.5, 0.6) is 5.75 Å². The second-order valence-corrected chi connectivity index (χ2v) is 6.37. The van der Waals surface area contributed by atoms with E-state index < -0.39 is 6.04 Å². The molecule has 6 heteroatoms. The molecule has 1 amide bonds. The zero-order valence-electron chi connectivity index (χ0n) is 13.8. The van der Waals surface area contributed by atoms with Crippen LogP contribution in [0.4, 0.5) is 5.69 Å². The van der Waals surface area contributed by atoms with E-state index >= 15 is 0 Å². The maximum atomic E-state index is 12.6.